The van der Waals surface area contributed by atoms with Crippen LogP contribution in [-0.2, 0) is 4.79 Å². The molecule has 2 atom stereocenters. The molecule has 3 heteroatoms. The van der Waals surface area contributed by atoms with Crippen molar-refractivity contribution < 1.29 is 4.79 Å². The van der Waals surface area contributed by atoms with E-state index >= 15 is 0 Å². The molecule has 0 spiro atoms. The van der Waals surface area contributed by atoms with Gasteiger partial charge in [0.15, 0.2) is 0 Å². The molecule has 0 aromatic rings. The average molecular weight is 234 g/mol. The van der Waals surface area contributed by atoms with E-state index in [1.165, 1.54) is 19.3 Å². The Balaban J connectivity index is 1.75. The first-order valence-electron chi connectivity index (χ1n) is 6.91. The van der Waals surface area contributed by atoms with Crippen LogP contribution in [0, 0.1) is 5.92 Å². The first kappa shape index (κ1) is 11.3. The smallest absolute Gasteiger partial charge is 0.226 e. The second-order valence-electron chi connectivity index (χ2n) is 5.82. The van der Waals surface area contributed by atoms with Crippen molar-refractivity contribution in [2.24, 2.45) is 5.92 Å². The predicted molar refractivity (Wildman–Crippen MR) is 67.6 cm³/mol. The Kier molecular flexibility index (Phi) is 2.95. The molecule has 3 rings (SSSR count). The SMILES string of the molecule is CN1CC[C@H]2CC[C@@H](C1)N2C(=O)C1CC=CC1. The fourth-order valence-electron chi connectivity index (χ4n) is 3.63. The summed E-state index contributed by atoms with van der Waals surface area (Å²) >= 11 is 0. The number of rotatable bonds is 1. The number of hydrogen-bond donors (Lipinski definition) is 0. The van der Waals surface area contributed by atoms with E-state index in [2.05, 4.69) is 29.0 Å². The Morgan fingerprint density at radius 1 is 1.12 bits per heavy atom. The molecule has 0 unspecified atom stereocenters. The number of likely N-dealkylation sites (N-methyl/N-ethyl adjacent to an activating group) is 1. The fraction of sp³-hybridized carbons (Fsp3) is 0.786. The van der Waals surface area contributed by atoms with E-state index in [1.54, 1.807) is 0 Å². The first-order valence-corrected chi connectivity index (χ1v) is 6.91. The molecule has 94 valence electrons. The lowest BCUT2D eigenvalue weighted by molar-refractivity contribution is -0.137. The summed E-state index contributed by atoms with van der Waals surface area (Å²) in [5, 5.41) is 0. The molecule has 0 N–H and O–H groups in total. The Bertz CT molecular complexity index is 331. The molecule has 2 fully saturated rings. The van der Waals surface area contributed by atoms with Gasteiger partial charge in [-0.3, -0.25) is 4.79 Å². The molecule has 0 aromatic heterocycles. The minimum absolute atomic E-state index is 0.251. The van der Waals surface area contributed by atoms with E-state index in [9.17, 15) is 4.79 Å². The fourth-order valence-corrected chi connectivity index (χ4v) is 3.63. The van der Waals surface area contributed by atoms with Gasteiger partial charge in [-0.25, -0.2) is 0 Å². The lowest BCUT2D eigenvalue weighted by atomic mass is 10.0. The summed E-state index contributed by atoms with van der Waals surface area (Å²) in [7, 11) is 2.18. The van der Waals surface area contributed by atoms with Gasteiger partial charge in [0.25, 0.3) is 0 Å². The lowest BCUT2D eigenvalue weighted by Crippen LogP contribution is -2.45. The van der Waals surface area contributed by atoms with Crippen molar-refractivity contribution in [3.63, 3.8) is 0 Å². The number of hydrogen-bond acceptors (Lipinski definition) is 2. The van der Waals surface area contributed by atoms with Crippen molar-refractivity contribution in [3.05, 3.63) is 12.2 Å². The Hall–Kier alpha value is -0.830. The van der Waals surface area contributed by atoms with Gasteiger partial charge in [-0.2, -0.15) is 0 Å². The topological polar surface area (TPSA) is 23.6 Å². The third kappa shape index (κ3) is 2.01. The van der Waals surface area contributed by atoms with E-state index in [1.807, 2.05) is 0 Å². The van der Waals surface area contributed by atoms with Crippen LogP contribution in [0.1, 0.15) is 32.1 Å². The number of carbonyl (C=O) groups excluding carboxylic acids is 1. The Morgan fingerprint density at radius 2 is 1.82 bits per heavy atom. The molecule has 3 nitrogen and oxygen atoms in total. The molecule has 2 saturated heterocycles. The van der Waals surface area contributed by atoms with E-state index in [4.69, 9.17) is 0 Å². The summed E-state index contributed by atoms with van der Waals surface area (Å²) < 4.78 is 0. The van der Waals surface area contributed by atoms with Crippen LogP contribution >= 0.6 is 0 Å². The highest BCUT2D eigenvalue weighted by Gasteiger charge is 2.41. The maximum absolute atomic E-state index is 12.6. The highest BCUT2D eigenvalue weighted by atomic mass is 16.2. The van der Waals surface area contributed by atoms with Crippen molar-refractivity contribution in [1.82, 2.24) is 9.80 Å². The largest absolute Gasteiger partial charge is 0.335 e. The number of likely N-dealkylation sites (tertiary alicyclic amines) is 1. The number of nitrogens with zero attached hydrogens (tertiary/aromatic N) is 2. The molecule has 17 heavy (non-hydrogen) atoms. The van der Waals surface area contributed by atoms with Crippen molar-refractivity contribution in [2.45, 2.75) is 44.2 Å². The van der Waals surface area contributed by atoms with Crippen molar-refractivity contribution in [3.8, 4) is 0 Å². The van der Waals surface area contributed by atoms with Crippen molar-refractivity contribution in [1.29, 1.82) is 0 Å². The second-order valence-corrected chi connectivity index (χ2v) is 5.82. The molecule has 1 aliphatic carbocycles. The molecule has 2 bridgehead atoms. The zero-order valence-electron chi connectivity index (χ0n) is 10.6. The van der Waals surface area contributed by atoms with Gasteiger partial charge in [0.05, 0.1) is 0 Å². The number of amides is 1. The zero-order valence-corrected chi connectivity index (χ0v) is 10.6. The lowest BCUT2D eigenvalue weighted by Gasteiger charge is -2.30. The third-order valence-electron chi connectivity index (χ3n) is 4.60. The minimum atomic E-state index is 0.251. The van der Waals surface area contributed by atoms with Crippen LogP contribution in [0.4, 0.5) is 0 Å². The average Bonchev–Trinajstić information content (AvgIpc) is 2.90. The predicted octanol–water partition coefficient (Wildman–Crippen LogP) is 1.65. The quantitative estimate of drug-likeness (QED) is 0.644. The van der Waals surface area contributed by atoms with Gasteiger partial charge < -0.3 is 9.80 Å². The zero-order chi connectivity index (χ0) is 11.8. The van der Waals surface area contributed by atoms with E-state index < -0.39 is 0 Å². The minimum Gasteiger partial charge on any atom is -0.335 e. The standard InChI is InChI=1S/C14H22N2O/c1-15-9-8-12-6-7-13(10-15)16(12)14(17)11-4-2-3-5-11/h2-3,11-13H,4-10H2,1H3/t12-,13+/m1/s1. The molecule has 3 aliphatic rings. The second kappa shape index (κ2) is 4.45. The summed E-state index contributed by atoms with van der Waals surface area (Å²) in [6.07, 6.45) is 9.85. The molecule has 2 aliphatic heterocycles. The van der Waals surface area contributed by atoms with E-state index in [0.717, 1.165) is 25.9 Å². The highest BCUT2D eigenvalue weighted by molar-refractivity contribution is 5.80. The summed E-state index contributed by atoms with van der Waals surface area (Å²) in [6.45, 7) is 2.22. The molecule has 0 saturated carbocycles. The number of fused-ring (bicyclic) bond motifs is 2. The van der Waals surface area contributed by atoms with Gasteiger partial charge in [-0.15, -0.1) is 0 Å². The van der Waals surface area contributed by atoms with E-state index in [0.29, 0.717) is 18.0 Å². The van der Waals surface area contributed by atoms with Crippen LogP contribution in [0.2, 0.25) is 0 Å². The summed E-state index contributed by atoms with van der Waals surface area (Å²) in [6, 6.07) is 1.01. The van der Waals surface area contributed by atoms with Crippen LogP contribution in [0.3, 0.4) is 0 Å². The molecule has 0 aromatic carbocycles. The van der Waals surface area contributed by atoms with Crippen LogP contribution in [0.15, 0.2) is 12.2 Å². The number of allylic oxidation sites excluding steroid dienone is 2. The van der Waals surface area contributed by atoms with Gasteiger partial charge in [0.2, 0.25) is 5.91 Å². The van der Waals surface area contributed by atoms with Crippen LogP contribution < -0.4 is 0 Å². The van der Waals surface area contributed by atoms with E-state index in [-0.39, 0.29) is 5.92 Å². The van der Waals surface area contributed by atoms with Gasteiger partial charge in [0.1, 0.15) is 0 Å². The van der Waals surface area contributed by atoms with Crippen LogP contribution in [0.5, 0.6) is 0 Å². The normalized spacial score (nSPS) is 34.3. The van der Waals surface area contributed by atoms with Crippen molar-refractivity contribution >= 4 is 5.91 Å². The summed E-state index contributed by atoms with van der Waals surface area (Å²) in [5.74, 6) is 0.680. The number of carbonyl (C=O) groups is 1. The van der Waals surface area contributed by atoms with Gasteiger partial charge in [-0.05, 0) is 45.7 Å². The van der Waals surface area contributed by atoms with Gasteiger partial charge in [-0.1, -0.05) is 12.2 Å². The molecular formula is C14H22N2O. The van der Waals surface area contributed by atoms with Gasteiger partial charge >= 0.3 is 0 Å². The maximum Gasteiger partial charge on any atom is 0.226 e. The third-order valence-corrected chi connectivity index (χ3v) is 4.60. The maximum atomic E-state index is 12.6. The summed E-state index contributed by atoms with van der Waals surface area (Å²) in [4.78, 5) is 17.2. The molecule has 1 amide bonds. The summed E-state index contributed by atoms with van der Waals surface area (Å²) in [5.41, 5.74) is 0. The molecule has 2 heterocycles. The highest BCUT2D eigenvalue weighted by Crippen LogP contribution is 2.33. The van der Waals surface area contributed by atoms with Crippen LogP contribution in [0.25, 0.3) is 0 Å². The van der Waals surface area contributed by atoms with Crippen LogP contribution in [-0.4, -0.2) is 47.9 Å². The Labute approximate surface area is 103 Å². The van der Waals surface area contributed by atoms with Gasteiger partial charge in [0, 0.05) is 24.5 Å². The molecule has 0 radical (unpaired) electrons. The monoisotopic (exact) mass is 234 g/mol. The first-order chi connectivity index (χ1) is 8.25. The Morgan fingerprint density at radius 3 is 2.59 bits per heavy atom. The van der Waals surface area contributed by atoms with Crippen molar-refractivity contribution in [2.75, 3.05) is 20.1 Å². The molecular weight excluding hydrogens is 212 g/mol.